The lowest BCUT2D eigenvalue weighted by molar-refractivity contribution is 0.0459. The average molecular weight is 228 g/mol. The molecule has 1 aromatic carbocycles. The highest BCUT2D eigenvalue weighted by molar-refractivity contribution is 6.30. The second-order valence-electron chi connectivity index (χ2n) is 3.41. The lowest BCUT2D eigenvalue weighted by Crippen LogP contribution is -2.14. The minimum absolute atomic E-state index is 0.622. The number of nitrogens with one attached hydrogen (secondary N) is 1. The van der Waals surface area contributed by atoms with Gasteiger partial charge in [-0.1, -0.05) is 11.6 Å². The largest absolute Gasteiger partial charge is 0.493 e. The molecule has 0 saturated carbocycles. The van der Waals surface area contributed by atoms with Crippen molar-refractivity contribution in [2.75, 3.05) is 13.2 Å². The Hall–Kier alpha value is -0.770. The van der Waals surface area contributed by atoms with Crippen LogP contribution in [0.4, 0.5) is 0 Å². The van der Waals surface area contributed by atoms with Gasteiger partial charge >= 0.3 is 0 Å². The molecule has 3 nitrogen and oxygen atoms in total. The van der Waals surface area contributed by atoms with Gasteiger partial charge in [-0.3, -0.25) is 0 Å². The number of halogens is 1. The molecule has 0 amide bonds. The maximum absolute atomic E-state index is 6.02. The Kier molecular flexibility index (Phi) is 3.46. The van der Waals surface area contributed by atoms with E-state index in [1.807, 2.05) is 19.1 Å². The van der Waals surface area contributed by atoms with Crippen molar-refractivity contribution in [3.05, 3.63) is 28.3 Å². The SMILES string of the molecule is CCONCc1cc(Cl)cc2c1OCC2. The molecule has 0 atom stereocenters. The third-order valence-electron chi connectivity index (χ3n) is 2.33. The topological polar surface area (TPSA) is 30.5 Å². The van der Waals surface area contributed by atoms with Crippen molar-refractivity contribution in [1.29, 1.82) is 0 Å². The minimum atomic E-state index is 0.622. The Morgan fingerprint density at radius 2 is 2.40 bits per heavy atom. The summed E-state index contributed by atoms with van der Waals surface area (Å²) in [7, 11) is 0. The molecule has 1 aliphatic rings. The van der Waals surface area contributed by atoms with Crippen LogP contribution in [-0.2, 0) is 17.8 Å². The van der Waals surface area contributed by atoms with Gasteiger partial charge in [0.25, 0.3) is 0 Å². The van der Waals surface area contributed by atoms with Gasteiger partial charge in [0.05, 0.1) is 13.2 Å². The Balaban J connectivity index is 2.15. The second-order valence-corrected chi connectivity index (χ2v) is 3.84. The first-order valence-electron chi connectivity index (χ1n) is 5.10. The summed E-state index contributed by atoms with van der Waals surface area (Å²) in [6.07, 6.45) is 0.942. The van der Waals surface area contributed by atoms with Crippen LogP contribution in [0.3, 0.4) is 0 Å². The van der Waals surface area contributed by atoms with Crippen LogP contribution in [0, 0.1) is 0 Å². The van der Waals surface area contributed by atoms with E-state index in [1.54, 1.807) is 0 Å². The number of fused-ring (bicyclic) bond motifs is 1. The maximum Gasteiger partial charge on any atom is 0.127 e. The van der Waals surface area contributed by atoms with E-state index in [1.165, 1.54) is 5.56 Å². The Morgan fingerprint density at radius 3 is 3.20 bits per heavy atom. The highest BCUT2D eigenvalue weighted by atomic mass is 35.5. The highest BCUT2D eigenvalue weighted by Crippen LogP contribution is 2.32. The van der Waals surface area contributed by atoms with Gasteiger partial charge in [-0.15, -0.1) is 0 Å². The van der Waals surface area contributed by atoms with E-state index in [9.17, 15) is 0 Å². The van der Waals surface area contributed by atoms with Crippen LogP contribution in [0.1, 0.15) is 18.1 Å². The van der Waals surface area contributed by atoms with E-state index in [0.29, 0.717) is 13.2 Å². The van der Waals surface area contributed by atoms with Gasteiger partial charge in [-0.25, -0.2) is 0 Å². The monoisotopic (exact) mass is 227 g/mol. The van der Waals surface area contributed by atoms with Crippen LogP contribution in [0.5, 0.6) is 5.75 Å². The zero-order valence-electron chi connectivity index (χ0n) is 8.68. The lowest BCUT2D eigenvalue weighted by Gasteiger charge is -2.09. The maximum atomic E-state index is 6.02. The summed E-state index contributed by atoms with van der Waals surface area (Å²) < 4.78 is 5.56. The van der Waals surface area contributed by atoms with E-state index in [4.69, 9.17) is 21.2 Å². The molecular formula is C11H14ClNO2. The summed E-state index contributed by atoms with van der Waals surface area (Å²) in [5.74, 6) is 0.964. The second kappa shape index (κ2) is 4.84. The van der Waals surface area contributed by atoms with Crippen LogP contribution in [-0.4, -0.2) is 13.2 Å². The van der Waals surface area contributed by atoms with Crippen molar-refractivity contribution in [3.63, 3.8) is 0 Å². The molecule has 0 aromatic heterocycles. The highest BCUT2D eigenvalue weighted by Gasteiger charge is 2.17. The van der Waals surface area contributed by atoms with Crippen molar-refractivity contribution in [1.82, 2.24) is 5.48 Å². The van der Waals surface area contributed by atoms with Gasteiger partial charge in [0.15, 0.2) is 0 Å². The number of benzene rings is 1. The third-order valence-corrected chi connectivity index (χ3v) is 2.55. The molecule has 0 bridgehead atoms. The number of hydroxylamine groups is 1. The van der Waals surface area contributed by atoms with E-state index in [-0.39, 0.29) is 0 Å². The number of ether oxygens (including phenoxy) is 1. The van der Waals surface area contributed by atoms with Crippen LogP contribution in [0.15, 0.2) is 12.1 Å². The van der Waals surface area contributed by atoms with Gasteiger partial charge in [0.1, 0.15) is 5.75 Å². The zero-order chi connectivity index (χ0) is 10.7. The lowest BCUT2D eigenvalue weighted by atomic mass is 10.1. The number of hydrogen-bond donors (Lipinski definition) is 1. The normalized spacial score (nSPS) is 13.7. The van der Waals surface area contributed by atoms with E-state index in [0.717, 1.165) is 29.4 Å². The molecule has 0 saturated heterocycles. The molecule has 2 rings (SSSR count). The first-order chi connectivity index (χ1) is 7.31. The van der Waals surface area contributed by atoms with Crippen LogP contribution in [0.2, 0.25) is 5.02 Å². The van der Waals surface area contributed by atoms with E-state index in [2.05, 4.69) is 5.48 Å². The first-order valence-corrected chi connectivity index (χ1v) is 5.48. The predicted molar refractivity (Wildman–Crippen MR) is 59.1 cm³/mol. The Bertz CT molecular complexity index is 355. The number of hydrogen-bond acceptors (Lipinski definition) is 3. The van der Waals surface area contributed by atoms with E-state index < -0.39 is 0 Å². The number of rotatable bonds is 4. The van der Waals surface area contributed by atoms with Gasteiger partial charge in [0, 0.05) is 23.6 Å². The Labute approximate surface area is 94.3 Å². The quantitative estimate of drug-likeness (QED) is 0.633. The summed E-state index contributed by atoms with van der Waals surface area (Å²) >= 11 is 6.02. The molecule has 0 unspecified atom stereocenters. The van der Waals surface area contributed by atoms with Crippen molar-refractivity contribution < 1.29 is 9.57 Å². The Morgan fingerprint density at radius 1 is 1.53 bits per heavy atom. The molecular weight excluding hydrogens is 214 g/mol. The fourth-order valence-electron chi connectivity index (χ4n) is 1.71. The van der Waals surface area contributed by atoms with Crippen LogP contribution in [0.25, 0.3) is 0 Å². The van der Waals surface area contributed by atoms with E-state index >= 15 is 0 Å². The average Bonchev–Trinajstić information content (AvgIpc) is 2.65. The molecule has 4 heteroatoms. The molecule has 15 heavy (non-hydrogen) atoms. The van der Waals surface area contributed by atoms with Crippen LogP contribution < -0.4 is 10.2 Å². The van der Waals surface area contributed by atoms with Gasteiger partial charge in [0.2, 0.25) is 0 Å². The van der Waals surface area contributed by atoms with Gasteiger partial charge in [-0.2, -0.15) is 5.48 Å². The zero-order valence-corrected chi connectivity index (χ0v) is 9.43. The van der Waals surface area contributed by atoms with Crippen molar-refractivity contribution in [2.24, 2.45) is 0 Å². The molecule has 1 N–H and O–H groups in total. The van der Waals surface area contributed by atoms with Crippen LogP contribution >= 0.6 is 11.6 Å². The molecule has 1 heterocycles. The molecule has 1 aromatic rings. The third kappa shape index (κ3) is 2.43. The van der Waals surface area contributed by atoms with Crippen molar-refractivity contribution >= 4 is 11.6 Å². The molecule has 0 aliphatic carbocycles. The fourth-order valence-corrected chi connectivity index (χ4v) is 1.97. The first kappa shape index (κ1) is 10.7. The summed E-state index contributed by atoms with van der Waals surface area (Å²) in [5.41, 5.74) is 5.12. The van der Waals surface area contributed by atoms with Gasteiger partial charge < -0.3 is 9.57 Å². The summed E-state index contributed by atoms with van der Waals surface area (Å²) in [6, 6.07) is 3.88. The molecule has 1 aliphatic heterocycles. The molecule has 0 spiro atoms. The fraction of sp³-hybridized carbons (Fsp3) is 0.455. The van der Waals surface area contributed by atoms with Crippen molar-refractivity contribution in [3.8, 4) is 5.75 Å². The minimum Gasteiger partial charge on any atom is -0.493 e. The summed E-state index contributed by atoms with van der Waals surface area (Å²) in [6.45, 7) is 3.95. The molecule has 0 fully saturated rings. The summed E-state index contributed by atoms with van der Waals surface area (Å²) in [5, 5.41) is 0.757. The molecule has 0 radical (unpaired) electrons. The predicted octanol–water partition coefficient (Wildman–Crippen LogP) is 2.32. The smallest absolute Gasteiger partial charge is 0.127 e. The standard InChI is InChI=1S/C11H14ClNO2/c1-2-15-13-7-9-6-10(12)5-8-3-4-14-11(8)9/h5-6,13H,2-4,7H2,1H3. The molecule has 82 valence electrons. The summed E-state index contributed by atoms with van der Waals surface area (Å²) in [4.78, 5) is 5.09. The van der Waals surface area contributed by atoms with Crippen molar-refractivity contribution in [2.45, 2.75) is 19.9 Å². The van der Waals surface area contributed by atoms with Gasteiger partial charge in [-0.05, 0) is 24.6 Å².